The molecule has 0 saturated carbocycles. The largest absolute Gasteiger partial charge is 0.383 e. The van der Waals surface area contributed by atoms with Crippen molar-refractivity contribution in [3.63, 3.8) is 0 Å². The minimum atomic E-state index is -0.469. The van der Waals surface area contributed by atoms with Gasteiger partial charge in [0.2, 0.25) is 5.91 Å². The minimum Gasteiger partial charge on any atom is -0.383 e. The van der Waals surface area contributed by atoms with E-state index in [0.29, 0.717) is 29.9 Å². The number of fused-ring (bicyclic) bond motifs is 1. The van der Waals surface area contributed by atoms with Gasteiger partial charge in [0.1, 0.15) is 5.82 Å². The van der Waals surface area contributed by atoms with Crippen LogP contribution in [0, 0.1) is 10.1 Å². The molecule has 0 aliphatic carbocycles. The van der Waals surface area contributed by atoms with E-state index in [0.717, 1.165) is 4.90 Å². The van der Waals surface area contributed by atoms with Crippen LogP contribution in [-0.2, 0) is 16.1 Å². The normalized spacial score (nSPS) is 10.8. The first-order valence-electron chi connectivity index (χ1n) is 9.10. The van der Waals surface area contributed by atoms with E-state index < -0.39 is 4.92 Å². The molecule has 0 atom stereocenters. The first-order chi connectivity index (χ1) is 14.5. The fourth-order valence-corrected chi connectivity index (χ4v) is 3.59. The van der Waals surface area contributed by atoms with Crippen LogP contribution in [0.15, 0.2) is 58.2 Å². The van der Waals surface area contributed by atoms with Crippen LogP contribution in [0.25, 0.3) is 10.9 Å². The Kier molecular flexibility index (Phi) is 7.15. The molecule has 0 fully saturated rings. The Morgan fingerprint density at radius 2 is 1.97 bits per heavy atom. The van der Waals surface area contributed by atoms with Gasteiger partial charge in [-0.3, -0.25) is 19.7 Å². The molecule has 0 unspecified atom stereocenters. The van der Waals surface area contributed by atoms with Crippen molar-refractivity contribution in [2.75, 3.05) is 26.0 Å². The molecule has 1 N–H and O–H groups in total. The predicted molar refractivity (Wildman–Crippen MR) is 113 cm³/mol. The van der Waals surface area contributed by atoms with Crippen LogP contribution >= 0.6 is 11.8 Å². The van der Waals surface area contributed by atoms with E-state index in [1.54, 1.807) is 48.4 Å². The number of amides is 1. The molecule has 3 rings (SSSR count). The van der Waals surface area contributed by atoms with E-state index in [1.165, 1.54) is 23.9 Å². The quantitative estimate of drug-likeness (QED) is 0.316. The number of hydrogen-bond acceptors (Lipinski definition) is 7. The summed E-state index contributed by atoms with van der Waals surface area (Å²) in [5.74, 6) is 0.369. The van der Waals surface area contributed by atoms with Gasteiger partial charge in [-0.25, -0.2) is 4.98 Å². The smallest absolute Gasteiger partial charge is 0.269 e. The number of para-hydroxylation sites is 1. The van der Waals surface area contributed by atoms with Crippen molar-refractivity contribution >= 4 is 34.3 Å². The number of ether oxygens (including phenoxy) is 1. The lowest BCUT2D eigenvalue weighted by Crippen LogP contribution is -2.35. The molecule has 0 saturated heterocycles. The Morgan fingerprint density at radius 3 is 2.67 bits per heavy atom. The number of carbonyl (C=O) groups excluding carboxylic acids is 1. The second-order valence-electron chi connectivity index (χ2n) is 6.38. The number of nitro groups is 1. The lowest BCUT2D eigenvalue weighted by Gasteiger charge is -2.22. The third-order valence-electron chi connectivity index (χ3n) is 4.33. The van der Waals surface area contributed by atoms with Gasteiger partial charge >= 0.3 is 0 Å². The maximum Gasteiger partial charge on any atom is 0.269 e. The summed E-state index contributed by atoms with van der Waals surface area (Å²) in [7, 11) is 1.55. The van der Waals surface area contributed by atoms with Crippen molar-refractivity contribution < 1.29 is 14.5 Å². The summed E-state index contributed by atoms with van der Waals surface area (Å²) in [6.45, 7) is 0.821. The van der Waals surface area contributed by atoms with Gasteiger partial charge in [0.15, 0.2) is 0 Å². The number of thioether (sulfide) groups is 1. The fourth-order valence-electron chi connectivity index (χ4n) is 2.78. The zero-order valence-corrected chi connectivity index (χ0v) is 17.1. The zero-order valence-electron chi connectivity index (χ0n) is 16.2. The molecule has 1 heterocycles. The van der Waals surface area contributed by atoms with Gasteiger partial charge in [-0.15, -0.1) is 11.8 Å². The number of nitrogens with zero attached hydrogens (tertiary/aromatic N) is 3. The van der Waals surface area contributed by atoms with Crippen LogP contribution in [0.1, 0.15) is 5.82 Å². The molecule has 10 heteroatoms. The Balaban J connectivity index is 1.71. The third kappa shape index (κ3) is 5.43. The first-order valence-corrected chi connectivity index (χ1v) is 10.1. The van der Waals surface area contributed by atoms with Crippen LogP contribution in [0.3, 0.4) is 0 Å². The van der Waals surface area contributed by atoms with Crippen LogP contribution < -0.4 is 5.56 Å². The number of methoxy groups -OCH3 is 1. The zero-order chi connectivity index (χ0) is 21.5. The van der Waals surface area contributed by atoms with Crippen molar-refractivity contribution in [3.8, 4) is 0 Å². The summed E-state index contributed by atoms with van der Waals surface area (Å²) < 4.78 is 5.10. The highest BCUT2D eigenvalue weighted by atomic mass is 32.2. The van der Waals surface area contributed by atoms with Crippen molar-refractivity contribution in [3.05, 3.63) is 74.8 Å². The Bertz CT molecular complexity index is 1100. The second-order valence-corrected chi connectivity index (χ2v) is 7.43. The van der Waals surface area contributed by atoms with E-state index in [9.17, 15) is 19.7 Å². The fraction of sp³-hybridized carbons (Fsp3) is 0.250. The number of hydrogen-bond donors (Lipinski definition) is 1. The topological polar surface area (TPSA) is 118 Å². The average molecular weight is 428 g/mol. The van der Waals surface area contributed by atoms with Gasteiger partial charge in [0.25, 0.3) is 11.2 Å². The third-order valence-corrected chi connectivity index (χ3v) is 5.33. The molecule has 156 valence electrons. The summed E-state index contributed by atoms with van der Waals surface area (Å²) >= 11 is 1.28. The van der Waals surface area contributed by atoms with Crippen LogP contribution in [0.4, 0.5) is 5.69 Å². The van der Waals surface area contributed by atoms with Gasteiger partial charge in [-0.05, 0) is 24.3 Å². The molecule has 9 nitrogen and oxygen atoms in total. The van der Waals surface area contributed by atoms with E-state index in [4.69, 9.17) is 4.74 Å². The molecule has 0 radical (unpaired) electrons. The number of aromatic amines is 1. The van der Waals surface area contributed by atoms with Gasteiger partial charge in [-0.1, -0.05) is 12.1 Å². The number of nitrogens with one attached hydrogen (secondary N) is 1. The molecule has 0 aliphatic heterocycles. The molecule has 1 aromatic heterocycles. The number of non-ortho nitro benzene ring substituents is 1. The Morgan fingerprint density at radius 1 is 1.23 bits per heavy atom. The van der Waals surface area contributed by atoms with E-state index in [1.807, 2.05) is 0 Å². The molecule has 2 aromatic carbocycles. The van der Waals surface area contributed by atoms with E-state index >= 15 is 0 Å². The van der Waals surface area contributed by atoms with Gasteiger partial charge < -0.3 is 14.6 Å². The number of H-pyrrole nitrogens is 1. The average Bonchev–Trinajstić information content (AvgIpc) is 2.75. The monoisotopic (exact) mass is 428 g/mol. The maximum atomic E-state index is 12.8. The minimum absolute atomic E-state index is 0.00118. The van der Waals surface area contributed by atoms with Crippen LogP contribution in [0.5, 0.6) is 0 Å². The van der Waals surface area contributed by atoms with Crippen LogP contribution in [-0.4, -0.2) is 51.7 Å². The van der Waals surface area contributed by atoms with Crippen molar-refractivity contribution in [2.45, 2.75) is 11.4 Å². The van der Waals surface area contributed by atoms with Gasteiger partial charge in [0, 0.05) is 30.7 Å². The standard InChI is InChI=1S/C20H20N4O5S/c1-29-11-10-23(12-18-21-17-5-3-2-4-16(17)20(26)22-18)19(25)13-30-15-8-6-14(7-9-15)24(27)28/h2-9H,10-13H2,1H3,(H,21,22,26). The SMILES string of the molecule is COCCN(Cc1nc2ccccc2c(=O)[nH]1)C(=O)CSc1ccc([N+](=O)[O-])cc1. The molecular formula is C20H20N4O5S. The molecule has 0 aliphatic rings. The summed E-state index contributed by atoms with van der Waals surface area (Å²) in [5.41, 5.74) is 0.310. The van der Waals surface area contributed by atoms with E-state index in [-0.39, 0.29) is 29.5 Å². The lowest BCUT2D eigenvalue weighted by molar-refractivity contribution is -0.384. The lowest BCUT2D eigenvalue weighted by atomic mass is 10.2. The maximum absolute atomic E-state index is 12.8. The van der Waals surface area contributed by atoms with Crippen molar-refractivity contribution in [1.82, 2.24) is 14.9 Å². The number of benzene rings is 2. The molecule has 0 bridgehead atoms. The van der Waals surface area contributed by atoms with Gasteiger partial charge in [0.05, 0.1) is 34.7 Å². The highest BCUT2D eigenvalue weighted by Gasteiger charge is 2.16. The van der Waals surface area contributed by atoms with Crippen LogP contribution in [0.2, 0.25) is 0 Å². The molecule has 3 aromatic rings. The highest BCUT2D eigenvalue weighted by molar-refractivity contribution is 8.00. The molecular weight excluding hydrogens is 408 g/mol. The van der Waals surface area contributed by atoms with Crippen molar-refractivity contribution in [1.29, 1.82) is 0 Å². The number of nitro benzene ring substituents is 1. The number of rotatable bonds is 9. The van der Waals surface area contributed by atoms with E-state index in [2.05, 4.69) is 9.97 Å². The summed E-state index contributed by atoms with van der Waals surface area (Å²) in [6.07, 6.45) is 0. The highest BCUT2D eigenvalue weighted by Crippen LogP contribution is 2.22. The van der Waals surface area contributed by atoms with Gasteiger partial charge in [-0.2, -0.15) is 0 Å². The summed E-state index contributed by atoms with van der Waals surface area (Å²) in [6, 6.07) is 13.0. The summed E-state index contributed by atoms with van der Waals surface area (Å²) in [4.78, 5) is 44.8. The molecule has 0 spiro atoms. The number of aromatic nitrogens is 2. The number of carbonyl (C=O) groups is 1. The summed E-state index contributed by atoms with van der Waals surface area (Å²) in [5, 5.41) is 11.2. The Labute approximate surface area is 176 Å². The predicted octanol–water partition coefficient (Wildman–Crippen LogP) is 2.60. The Hall–Kier alpha value is -3.24. The first kappa shape index (κ1) is 21.5. The molecule has 30 heavy (non-hydrogen) atoms. The molecule has 1 amide bonds. The van der Waals surface area contributed by atoms with Crippen molar-refractivity contribution in [2.24, 2.45) is 0 Å². The second kappa shape index (κ2) is 9.99.